The second-order valence-corrected chi connectivity index (χ2v) is 4.05. The van der Waals surface area contributed by atoms with E-state index in [9.17, 15) is 0 Å². The first-order valence-electron chi connectivity index (χ1n) is 5.83. The molecule has 94 valence electrons. The van der Waals surface area contributed by atoms with Gasteiger partial charge in [0.15, 0.2) is 0 Å². The second kappa shape index (κ2) is 5.00. The molecule has 0 radical (unpaired) electrons. The quantitative estimate of drug-likeness (QED) is 0.634. The van der Waals surface area contributed by atoms with Crippen LogP contribution in [0.4, 0.5) is 0 Å². The summed E-state index contributed by atoms with van der Waals surface area (Å²) in [7, 11) is 0. The Balaban J connectivity index is 2.62. The summed E-state index contributed by atoms with van der Waals surface area (Å²) in [5.41, 5.74) is 7.30. The maximum absolute atomic E-state index is 7.32. The van der Waals surface area contributed by atoms with Gasteiger partial charge in [0.2, 0.25) is 5.88 Å². The van der Waals surface area contributed by atoms with Crippen LogP contribution in [0.15, 0.2) is 18.2 Å². The molecule has 3 N–H and O–H groups in total. The Morgan fingerprint density at radius 1 is 1.39 bits per heavy atom. The molecule has 0 aliphatic carbocycles. The molecule has 1 aromatic heterocycles. The summed E-state index contributed by atoms with van der Waals surface area (Å²) >= 11 is 0. The highest BCUT2D eigenvalue weighted by Crippen LogP contribution is 2.24. The number of nitrogens with one attached hydrogen (secondary N) is 1. The van der Waals surface area contributed by atoms with E-state index >= 15 is 0 Å². The van der Waals surface area contributed by atoms with Crippen molar-refractivity contribution in [3.8, 4) is 5.88 Å². The minimum atomic E-state index is 0.0467. The molecule has 0 aliphatic rings. The zero-order valence-corrected chi connectivity index (χ0v) is 10.5. The van der Waals surface area contributed by atoms with E-state index < -0.39 is 0 Å². The first-order valence-corrected chi connectivity index (χ1v) is 5.83. The van der Waals surface area contributed by atoms with E-state index in [4.69, 9.17) is 15.9 Å². The van der Waals surface area contributed by atoms with Crippen LogP contribution in [0.25, 0.3) is 10.9 Å². The van der Waals surface area contributed by atoms with Gasteiger partial charge >= 0.3 is 0 Å². The molecule has 2 rings (SSSR count). The third-order valence-electron chi connectivity index (χ3n) is 2.57. The predicted octanol–water partition coefficient (Wildman–Crippen LogP) is 1.82. The summed E-state index contributed by atoms with van der Waals surface area (Å²) in [4.78, 5) is 8.76. The van der Waals surface area contributed by atoms with Crippen molar-refractivity contribution >= 4 is 16.7 Å². The standard InChI is InChI=1S/C13H16N4O/c1-3-18-13-9-6-4-5-8(2)12(9)16-11(17-13)7-10(14)15/h4-6H,3,7H2,1-2H3,(H3,14,15). The number of rotatable bonds is 4. The Bertz CT molecular complexity index is 595. The van der Waals surface area contributed by atoms with Gasteiger partial charge in [-0.1, -0.05) is 12.1 Å². The highest BCUT2D eigenvalue weighted by Gasteiger charge is 2.10. The third kappa shape index (κ3) is 2.40. The summed E-state index contributed by atoms with van der Waals surface area (Å²) in [6, 6.07) is 5.88. The lowest BCUT2D eigenvalue weighted by Gasteiger charge is -2.09. The van der Waals surface area contributed by atoms with Crippen LogP contribution in [0.2, 0.25) is 0 Å². The summed E-state index contributed by atoms with van der Waals surface area (Å²) in [6.45, 7) is 4.44. The van der Waals surface area contributed by atoms with Gasteiger partial charge in [-0.15, -0.1) is 0 Å². The Labute approximate surface area is 106 Å². The van der Waals surface area contributed by atoms with Gasteiger partial charge in [0.25, 0.3) is 0 Å². The average molecular weight is 244 g/mol. The first-order chi connectivity index (χ1) is 8.61. The van der Waals surface area contributed by atoms with Gasteiger partial charge in [0, 0.05) is 0 Å². The van der Waals surface area contributed by atoms with Crippen LogP contribution in [0.5, 0.6) is 5.88 Å². The van der Waals surface area contributed by atoms with Gasteiger partial charge in [0.1, 0.15) is 5.82 Å². The van der Waals surface area contributed by atoms with Crippen LogP contribution in [0.3, 0.4) is 0 Å². The van der Waals surface area contributed by atoms with Crippen molar-refractivity contribution in [3.05, 3.63) is 29.6 Å². The van der Waals surface area contributed by atoms with Gasteiger partial charge in [0.05, 0.1) is 29.8 Å². The van der Waals surface area contributed by atoms with Crippen molar-refractivity contribution in [2.45, 2.75) is 20.3 Å². The summed E-state index contributed by atoms with van der Waals surface area (Å²) < 4.78 is 5.53. The van der Waals surface area contributed by atoms with Crippen molar-refractivity contribution in [1.29, 1.82) is 5.41 Å². The molecule has 1 heterocycles. The number of benzene rings is 1. The number of nitrogens with zero attached hydrogens (tertiary/aromatic N) is 2. The van der Waals surface area contributed by atoms with Crippen molar-refractivity contribution in [1.82, 2.24) is 9.97 Å². The molecule has 0 bridgehead atoms. The lowest BCUT2D eigenvalue weighted by atomic mass is 10.1. The molecule has 0 spiro atoms. The maximum Gasteiger partial charge on any atom is 0.224 e. The maximum atomic E-state index is 7.32. The molecule has 1 aromatic carbocycles. The number of para-hydroxylation sites is 1. The molecular formula is C13H16N4O. The molecule has 0 aliphatic heterocycles. The van der Waals surface area contributed by atoms with Crippen LogP contribution in [0.1, 0.15) is 18.3 Å². The van der Waals surface area contributed by atoms with Crippen LogP contribution < -0.4 is 10.5 Å². The molecule has 0 atom stereocenters. The summed E-state index contributed by atoms with van der Waals surface area (Å²) in [5.74, 6) is 1.13. The van der Waals surface area contributed by atoms with Crippen LogP contribution in [-0.4, -0.2) is 22.4 Å². The number of hydrogen-bond acceptors (Lipinski definition) is 4. The zero-order chi connectivity index (χ0) is 13.1. The fourth-order valence-corrected chi connectivity index (χ4v) is 1.81. The largest absolute Gasteiger partial charge is 0.477 e. The van der Waals surface area contributed by atoms with Crippen LogP contribution >= 0.6 is 0 Å². The first kappa shape index (κ1) is 12.3. The van der Waals surface area contributed by atoms with Crippen molar-refractivity contribution in [2.75, 3.05) is 6.61 Å². The number of amidine groups is 1. The molecular weight excluding hydrogens is 228 g/mol. The van der Waals surface area contributed by atoms with Gasteiger partial charge < -0.3 is 10.5 Å². The predicted molar refractivity (Wildman–Crippen MR) is 71.1 cm³/mol. The van der Waals surface area contributed by atoms with Gasteiger partial charge in [-0.3, -0.25) is 5.41 Å². The van der Waals surface area contributed by atoms with E-state index in [-0.39, 0.29) is 12.3 Å². The van der Waals surface area contributed by atoms with Crippen LogP contribution in [-0.2, 0) is 6.42 Å². The Morgan fingerprint density at radius 2 is 2.17 bits per heavy atom. The molecule has 0 saturated heterocycles. The normalized spacial score (nSPS) is 10.6. The number of ether oxygens (including phenoxy) is 1. The van der Waals surface area contributed by atoms with Gasteiger partial charge in [-0.05, 0) is 25.5 Å². The zero-order valence-electron chi connectivity index (χ0n) is 10.5. The minimum absolute atomic E-state index is 0.0467. The van der Waals surface area contributed by atoms with Crippen molar-refractivity contribution < 1.29 is 4.74 Å². The van der Waals surface area contributed by atoms with E-state index in [1.807, 2.05) is 32.0 Å². The number of nitrogens with two attached hydrogens (primary N) is 1. The van der Waals surface area contributed by atoms with E-state index in [1.54, 1.807) is 0 Å². The average Bonchev–Trinajstić information content (AvgIpc) is 2.30. The molecule has 2 aromatic rings. The molecule has 0 saturated carbocycles. The fraction of sp³-hybridized carbons (Fsp3) is 0.308. The lowest BCUT2D eigenvalue weighted by molar-refractivity contribution is 0.330. The highest BCUT2D eigenvalue weighted by atomic mass is 16.5. The van der Waals surface area contributed by atoms with E-state index in [2.05, 4.69) is 9.97 Å². The summed E-state index contributed by atoms with van der Waals surface area (Å²) in [6.07, 6.45) is 0.240. The second-order valence-electron chi connectivity index (χ2n) is 4.05. The molecule has 0 unspecified atom stereocenters. The smallest absolute Gasteiger partial charge is 0.224 e. The van der Waals surface area contributed by atoms with Crippen molar-refractivity contribution in [3.63, 3.8) is 0 Å². The number of fused-ring (bicyclic) bond motifs is 1. The molecule has 5 heteroatoms. The number of aromatic nitrogens is 2. The molecule has 18 heavy (non-hydrogen) atoms. The highest BCUT2D eigenvalue weighted by molar-refractivity contribution is 5.87. The SMILES string of the molecule is CCOc1nc(CC(=N)N)nc2c(C)cccc12. The number of hydrogen-bond donors (Lipinski definition) is 2. The fourth-order valence-electron chi connectivity index (χ4n) is 1.81. The molecule has 0 fully saturated rings. The lowest BCUT2D eigenvalue weighted by Crippen LogP contribution is -2.15. The van der Waals surface area contributed by atoms with Gasteiger partial charge in [-0.25, -0.2) is 4.98 Å². The topological polar surface area (TPSA) is 84.9 Å². The van der Waals surface area contributed by atoms with E-state index in [0.717, 1.165) is 16.5 Å². The van der Waals surface area contributed by atoms with Crippen molar-refractivity contribution in [2.24, 2.45) is 5.73 Å². The molecule has 5 nitrogen and oxygen atoms in total. The third-order valence-corrected chi connectivity index (χ3v) is 2.57. The van der Waals surface area contributed by atoms with E-state index in [0.29, 0.717) is 18.3 Å². The monoisotopic (exact) mass is 244 g/mol. The van der Waals surface area contributed by atoms with E-state index in [1.165, 1.54) is 0 Å². The Hall–Kier alpha value is -2.17. The molecule has 0 amide bonds. The van der Waals surface area contributed by atoms with Gasteiger partial charge in [-0.2, -0.15) is 4.98 Å². The number of aryl methyl sites for hydroxylation is 1. The minimum Gasteiger partial charge on any atom is -0.477 e. The summed E-state index contributed by atoms with van der Waals surface area (Å²) in [5, 5.41) is 8.22. The van der Waals surface area contributed by atoms with Crippen LogP contribution in [0, 0.1) is 12.3 Å². The Kier molecular flexibility index (Phi) is 3.41. The Morgan fingerprint density at radius 3 is 2.83 bits per heavy atom.